The summed E-state index contributed by atoms with van der Waals surface area (Å²) in [4.78, 5) is 0. The zero-order valence-electron chi connectivity index (χ0n) is 19.9. The Bertz CT molecular complexity index is 612. The van der Waals surface area contributed by atoms with Gasteiger partial charge in [0.15, 0.2) is 0 Å². The molecular formula is C27H47NO. The number of hydrogen-bond acceptors (Lipinski definition) is 2. The van der Waals surface area contributed by atoms with Crippen LogP contribution in [0.15, 0.2) is 5.16 Å². The number of hydrogen-bond donors (Lipinski definition) is 1. The molecular weight excluding hydrogens is 354 g/mol. The normalized spacial score (nSPS) is 47.0. The molecule has 0 aromatic carbocycles. The van der Waals surface area contributed by atoms with Crippen LogP contribution in [-0.2, 0) is 0 Å². The largest absolute Gasteiger partial charge is 0.411 e. The van der Waals surface area contributed by atoms with E-state index in [9.17, 15) is 5.21 Å². The van der Waals surface area contributed by atoms with Gasteiger partial charge in [-0.05, 0) is 110 Å². The fraction of sp³-hybridized carbons (Fsp3) is 0.963. The quantitative estimate of drug-likeness (QED) is 0.368. The summed E-state index contributed by atoms with van der Waals surface area (Å²) in [5, 5.41) is 12.9. The Hall–Kier alpha value is -0.530. The van der Waals surface area contributed by atoms with Gasteiger partial charge in [-0.25, -0.2) is 0 Å². The van der Waals surface area contributed by atoms with Gasteiger partial charge in [0, 0.05) is 0 Å². The van der Waals surface area contributed by atoms with Gasteiger partial charge in [-0.3, -0.25) is 0 Å². The second-order valence-electron chi connectivity index (χ2n) is 12.6. The van der Waals surface area contributed by atoms with Gasteiger partial charge in [-0.2, -0.15) is 0 Å². The Morgan fingerprint density at radius 1 is 0.931 bits per heavy atom. The predicted molar refractivity (Wildman–Crippen MR) is 122 cm³/mol. The van der Waals surface area contributed by atoms with E-state index < -0.39 is 0 Å². The zero-order valence-corrected chi connectivity index (χ0v) is 19.9. The van der Waals surface area contributed by atoms with Crippen LogP contribution in [0.3, 0.4) is 0 Å². The van der Waals surface area contributed by atoms with E-state index in [4.69, 9.17) is 0 Å². The minimum atomic E-state index is 0.499. The summed E-state index contributed by atoms with van der Waals surface area (Å²) < 4.78 is 0. The molecule has 0 unspecified atom stereocenters. The number of rotatable bonds is 5. The van der Waals surface area contributed by atoms with Gasteiger partial charge in [-0.1, -0.05) is 59.0 Å². The first-order valence-corrected chi connectivity index (χ1v) is 13.0. The highest BCUT2D eigenvalue weighted by Gasteiger charge is 2.60. The maximum absolute atomic E-state index is 9.32. The molecule has 4 aliphatic carbocycles. The molecule has 4 rings (SSSR count). The third-order valence-electron chi connectivity index (χ3n) is 10.8. The Labute approximate surface area is 180 Å². The Kier molecular flexibility index (Phi) is 6.13. The Morgan fingerprint density at radius 2 is 1.69 bits per heavy atom. The Balaban J connectivity index is 1.46. The molecule has 2 nitrogen and oxygen atoms in total. The van der Waals surface area contributed by atoms with Crippen molar-refractivity contribution < 1.29 is 5.21 Å². The van der Waals surface area contributed by atoms with Crippen molar-refractivity contribution in [3.8, 4) is 0 Å². The van der Waals surface area contributed by atoms with Gasteiger partial charge in [0.25, 0.3) is 0 Å². The van der Waals surface area contributed by atoms with Crippen molar-refractivity contribution >= 4 is 5.71 Å². The SMILES string of the molecule is CC(C)CCC[C@@H](C)[C@@H]1CC[C@@H]2[C@@H]3CC[C@H]4C/C(=N\O)CC[C@]4(C)[C@H]3CC[C@]21C. The highest BCUT2D eigenvalue weighted by Crippen LogP contribution is 2.68. The highest BCUT2D eigenvalue weighted by atomic mass is 16.4. The topological polar surface area (TPSA) is 32.6 Å². The van der Waals surface area contributed by atoms with Crippen molar-refractivity contribution in [2.75, 3.05) is 0 Å². The first-order valence-electron chi connectivity index (χ1n) is 13.0. The lowest BCUT2D eigenvalue weighted by Crippen LogP contribution is -2.53. The fourth-order valence-corrected chi connectivity index (χ4v) is 9.18. The summed E-state index contributed by atoms with van der Waals surface area (Å²) in [5.74, 6) is 6.36. The smallest absolute Gasteiger partial charge is 0.0574 e. The molecule has 1 N–H and O–H groups in total. The Morgan fingerprint density at radius 3 is 2.41 bits per heavy atom. The van der Waals surface area contributed by atoms with E-state index in [-0.39, 0.29) is 0 Å². The van der Waals surface area contributed by atoms with Crippen LogP contribution in [0.4, 0.5) is 0 Å². The van der Waals surface area contributed by atoms with Crippen molar-refractivity contribution in [3.05, 3.63) is 0 Å². The molecule has 0 aromatic rings. The lowest BCUT2D eigenvalue weighted by Gasteiger charge is -2.60. The predicted octanol–water partition coefficient (Wildman–Crippen LogP) is 7.94. The summed E-state index contributed by atoms with van der Waals surface area (Å²) in [6.07, 6.45) is 16.4. The van der Waals surface area contributed by atoms with E-state index in [0.29, 0.717) is 10.8 Å². The molecule has 4 fully saturated rings. The molecule has 0 radical (unpaired) electrons. The summed E-state index contributed by atoms with van der Waals surface area (Å²) in [7, 11) is 0. The summed E-state index contributed by atoms with van der Waals surface area (Å²) in [6, 6.07) is 0. The first-order chi connectivity index (χ1) is 13.8. The summed E-state index contributed by atoms with van der Waals surface area (Å²) in [5.41, 5.74) is 2.18. The van der Waals surface area contributed by atoms with Crippen molar-refractivity contribution in [2.24, 2.45) is 57.4 Å². The standard InChI is InChI=1S/C27H47NO/c1-18(2)7-6-8-19(3)23-11-12-24-22-10-9-20-17-21(28-29)13-15-26(20,4)25(22)14-16-27(23,24)5/h18-20,22-25,29H,6-17H2,1-5H3/b28-21-/t19-,20+,22+,23+,24-,25+,26+,27+/m1/s1. The third kappa shape index (κ3) is 3.69. The fourth-order valence-electron chi connectivity index (χ4n) is 9.18. The van der Waals surface area contributed by atoms with Gasteiger partial charge >= 0.3 is 0 Å². The van der Waals surface area contributed by atoms with Gasteiger partial charge < -0.3 is 5.21 Å². The molecule has 2 heteroatoms. The maximum Gasteiger partial charge on any atom is 0.0574 e. The van der Waals surface area contributed by atoms with E-state index in [2.05, 4.69) is 39.8 Å². The molecule has 0 aliphatic heterocycles. The van der Waals surface area contributed by atoms with Crippen LogP contribution in [0.1, 0.15) is 112 Å². The van der Waals surface area contributed by atoms with Crippen molar-refractivity contribution in [3.63, 3.8) is 0 Å². The molecule has 4 aliphatic rings. The maximum atomic E-state index is 9.32. The molecule has 0 heterocycles. The van der Waals surface area contributed by atoms with Gasteiger partial charge in [0.1, 0.15) is 0 Å². The average Bonchev–Trinajstić information content (AvgIpc) is 3.04. The molecule has 166 valence electrons. The number of fused-ring (bicyclic) bond motifs is 5. The van der Waals surface area contributed by atoms with E-state index >= 15 is 0 Å². The van der Waals surface area contributed by atoms with E-state index in [1.807, 2.05) is 0 Å². The minimum absolute atomic E-state index is 0.499. The zero-order chi connectivity index (χ0) is 20.8. The van der Waals surface area contributed by atoms with Crippen molar-refractivity contribution in [1.82, 2.24) is 0 Å². The van der Waals surface area contributed by atoms with Crippen LogP contribution < -0.4 is 0 Å². The average molecular weight is 402 g/mol. The molecule has 0 saturated heterocycles. The van der Waals surface area contributed by atoms with E-state index in [0.717, 1.165) is 60.0 Å². The number of oxime groups is 1. The summed E-state index contributed by atoms with van der Waals surface area (Å²) in [6.45, 7) is 12.6. The van der Waals surface area contributed by atoms with Crippen molar-refractivity contribution in [2.45, 2.75) is 112 Å². The molecule has 4 saturated carbocycles. The van der Waals surface area contributed by atoms with Crippen LogP contribution in [0.2, 0.25) is 0 Å². The molecule has 29 heavy (non-hydrogen) atoms. The lowest BCUT2D eigenvalue weighted by atomic mass is 9.44. The monoisotopic (exact) mass is 401 g/mol. The summed E-state index contributed by atoms with van der Waals surface area (Å²) >= 11 is 0. The van der Waals surface area contributed by atoms with Crippen LogP contribution >= 0.6 is 0 Å². The third-order valence-corrected chi connectivity index (χ3v) is 10.8. The lowest BCUT2D eigenvalue weighted by molar-refractivity contribution is -0.105. The van der Waals surface area contributed by atoms with Crippen LogP contribution in [0.25, 0.3) is 0 Å². The highest BCUT2D eigenvalue weighted by molar-refractivity contribution is 5.85. The second-order valence-corrected chi connectivity index (χ2v) is 12.6. The first kappa shape index (κ1) is 21.7. The van der Waals surface area contributed by atoms with Gasteiger partial charge in [0.2, 0.25) is 0 Å². The minimum Gasteiger partial charge on any atom is -0.411 e. The molecule has 0 aromatic heterocycles. The van der Waals surface area contributed by atoms with Crippen LogP contribution in [0.5, 0.6) is 0 Å². The van der Waals surface area contributed by atoms with Gasteiger partial charge in [0.05, 0.1) is 5.71 Å². The molecule has 0 amide bonds. The molecule has 8 atom stereocenters. The van der Waals surface area contributed by atoms with E-state index in [1.54, 1.807) is 0 Å². The second kappa shape index (κ2) is 8.19. The molecule has 0 spiro atoms. The molecule has 0 bridgehead atoms. The van der Waals surface area contributed by atoms with Crippen LogP contribution in [0, 0.1) is 52.3 Å². The van der Waals surface area contributed by atoms with Crippen LogP contribution in [-0.4, -0.2) is 10.9 Å². The van der Waals surface area contributed by atoms with Crippen molar-refractivity contribution in [1.29, 1.82) is 0 Å². The van der Waals surface area contributed by atoms with Gasteiger partial charge in [-0.15, -0.1) is 0 Å². The number of nitrogens with zero attached hydrogens (tertiary/aromatic N) is 1. The van der Waals surface area contributed by atoms with E-state index in [1.165, 1.54) is 64.2 Å².